The van der Waals surface area contributed by atoms with Crippen molar-refractivity contribution >= 4 is 38.9 Å². The molecule has 11 heteroatoms. The number of piperidine rings is 1. The molecule has 3 aliphatic rings. The molecule has 2 saturated heterocycles. The topological polar surface area (TPSA) is 82.1 Å². The highest BCUT2D eigenvalue weighted by Gasteiger charge is 2.54. The van der Waals surface area contributed by atoms with Crippen molar-refractivity contribution in [3.8, 4) is 0 Å². The molecule has 3 heterocycles. The molecule has 5 rings (SSSR count). The van der Waals surface area contributed by atoms with Crippen molar-refractivity contribution in [2.75, 3.05) is 18.0 Å². The molecule has 1 saturated carbocycles. The van der Waals surface area contributed by atoms with Gasteiger partial charge in [0, 0.05) is 19.2 Å². The Hall–Kier alpha value is -2.37. The maximum atomic E-state index is 14.1. The van der Waals surface area contributed by atoms with Gasteiger partial charge >= 0.3 is 6.03 Å². The van der Waals surface area contributed by atoms with Gasteiger partial charge in [0.05, 0.1) is 11.7 Å². The quantitative estimate of drug-likeness (QED) is 0.660. The molecule has 2 aliphatic heterocycles. The number of amidine groups is 1. The van der Waals surface area contributed by atoms with Crippen LogP contribution in [-0.4, -0.2) is 49.3 Å². The van der Waals surface area contributed by atoms with Gasteiger partial charge in [0.15, 0.2) is 0 Å². The molecule has 0 unspecified atom stereocenters. The number of sulfonamides is 1. The first-order valence-electron chi connectivity index (χ1n) is 11.5. The number of nitrogens with zero attached hydrogens (tertiary/aromatic N) is 3. The molecule has 1 spiro atoms. The summed E-state index contributed by atoms with van der Waals surface area (Å²) in [5.74, 6) is -1.09. The van der Waals surface area contributed by atoms with E-state index in [-0.39, 0.29) is 41.9 Å². The van der Waals surface area contributed by atoms with E-state index < -0.39 is 33.2 Å². The molecular weight excluding hydrogens is 482 g/mol. The zero-order chi connectivity index (χ0) is 23.9. The summed E-state index contributed by atoms with van der Waals surface area (Å²) in [6, 6.07) is 5.84. The van der Waals surface area contributed by atoms with Crippen LogP contribution in [-0.2, 0) is 10.0 Å². The average Bonchev–Trinajstić information content (AvgIpc) is 3.42. The molecular formula is C23H26F2N4O3S2. The average molecular weight is 509 g/mol. The van der Waals surface area contributed by atoms with Gasteiger partial charge in [-0.05, 0) is 49.3 Å². The minimum Gasteiger partial charge on any atom is -0.294 e. The van der Waals surface area contributed by atoms with Gasteiger partial charge < -0.3 is 0 Å². The molecule has 1 aliphatic carbocycles. The Morgan fingerprint density at radius 2 is 1.74 bits per heavy atom. The summed E-state index contributed by atoms with van der Waals surface area (Å²) in [6.45, 7) is 0.320. The van der Waals surface area contributed by atoms with Crippen LogP contribution in [0.2, 0.25) is 0 Å². The van der Waals surface area contributed by atoms with Gasteiger partial charge in [-0.2, -0.15) is 4.31 Å². The van der Waals surface area contributed by atoms with Gasteiger partial charge in [-0.3, -0.25) is 15.2 Å². The standard InChI is InChI=1S/C23H26F2N4O3S2/c24-16-13-17(25)15-19(14-16)29-22(30)27-21(26-18-5-2-1-3-6-18)23(29)8-10-28(11-9-23)34(31,32)20-7-4-12-33-20/h4,7,12-15,18H,1-3,5-6,8-11H2,(H,26,27,30). The fourth-order valence-corrected chi connectivity index (χ4v) is 7.83. The number of aliphatic imine (C=N–C) groups is 1. The molecule has 0 bridgehead atoms. The monoisotopic (exact) mass is 508 g/mol. The second-order valence-corrected chi connectivity index (χ2v) is 12.1. The molecule has 1 N–H and O–H groups in total. The highest BCUT2D eigenvalue weighted by molar-refractivity contribution is 7.91. The Morgan fingerprint density at radius 1 is 1.06 bits per heavy atom. The fraction of sp³-hybridized carbons (Fsp3) is 0.478. The number of carbonyl (C=O) groups excluding carboxylic acids is 1. The van der Waals surface area contributed by atoms with Crippen molar-refractivity contribution in [3.05, 3.63) is 47.3 Å². The van der Waals surface area contributed by atoms with Crippen LogP contribution in [0, 0.1) is 11.6 Å². The van der Waals surface area contributed by atoms with E-state index in [2.05, 4.69) is 5.32 Å². The van der Waals surface area contributed by atoms with Crippen LogP contribution in [0.5, 0.6) is 0 Å². The molecule has 0 atom stereocenters. The summed E-state index contributed by atoms with van der Waals surface area (Å²) in [4.78, 5) is 19.4. The van der Waals surface area contributed by atoms with Crippen LogP contribution in [0.15, 0.2) is 44.9 Å². The van der Waals surface area contributed by atoms with E-state index >= 15 is 0 Å². The van der Waals surface area contributed by atoms with Crippen molar-refractivity contribution in [2.24, 2.45) is 4.99 Å². The normalized spacial score (nSPS) is 23.1. The number of amides is 2. The Kier molecular flexibility index (Phi) is 6.19. The van der Waals surface area contributed by atoms with Crippen molar-refractivity contribution in [3.63, 3.8) is 0 Å². The molecule has 1 aromatic heterocycles. The van der Waals surface area contributed by atoms with E-state index in [0.29, 0.717) is 5.84 Å². The van der Waals surface area contributed by atoms with Crippen molar-refractivity contribution in [2.45, 2.75) is 60.7 Å². The minimum atomic E-state index is -3.65. The number of benzene rings is 1. The van der Waals surface area contributed by atoms with E-state index in [4.69, 9.17) is 4.99 Å². The maximum Gasteiger partial charge on any atom is 0.328 e. The third kappa shape index (κ3) is 4.14. The Bertz CT molecular complexity index is 1180. The number of nitrogens with one attached hydrogen (secondary N) is 1. The summed E-state index contributed by atoms with van der Waals surface area (Å²) in [6.07, 6.45) is 5.65. The maximum absolute atomic E-state index is 14.1. The largest absolute Gasteiger partial charge is 0.328 e. The predicted octanol–water partition coefficient (Wildman–Crippen LogP) is 4.51. The smallest absolute Gasteiger partial charge is 0.294 e. The lowest BCUT2D eigenvalue weighted by atomic mass is 9.85. The van der Waals surface area contributed by atoms with E-state index in [0.717, 1.165) is 61.6 Å². The van der Waals surface area contributed by atoms with Crippen molar-refractivity contribution < 1.29 is 22.0 Å². The Balaban J connectivity index is 1.51. The number of halogens is 2. The SMILES string of the molecule is O=C1NC(=NC2CCCCC2)C2(CCN(S(=O)(=O)c3cccs3)CC2)N1c1cc(F)cc(F)c1. The molecule has 7 nitrogen and oxygen atoms in total. The predicted molar refractivity (Wildman–Crippen MR) is 127 cm³/mol. The van der Waals surface area contributed by atoms with Crippen molar-refractivity contribution in [1.82, 2.24) is 9.62 Å². The number of urea groups is 1. The van der Waals surface area contributed by atoms with Gasteiger partial charge in [-0.1, -0.05) is 25.3 Å². The lowest BCUT2D eigenvalue weighted by Gasteiger charge is -2.43. The zero-order valence-corrected chi connectivity index (χ0v) is 20.2. The fourth-order valence-electron chi connectivity index (χ4n) is 5.25. The second kappa shape index (κ2) is 9.01. The third-order valence-electron chi connectivity index (χ3n) is 6.93. The summed E-state index contributed by atoms with van der Waals surface area (Å²) < 4.78 is 56.0. The van der Waals surface area contributed by atoms with Crippen LogP contribution in [0.3, 0.4) is 0 Å². The van der Waals surface area contributed by atoms with Crippen LogP contribution in [0.25, 0.3) is 0 Å². The first-order chi connectivity index (χ1) is 16.3. The summed E-state index contributed by atoms with van der Waals surface area (Å²) >= 11 is 1.16. The van der Waals surface area contributed by atoms with Gasteiger partial charge in [0.1, 0.15) is 27.2 Å². The van der Waals surface area contributed by atoms with Gasteiger partial charge in [-0.25, -0.2) is 22.0 Å². The van der Waals surface area contributed by atoms with E-state index in [1.165, 1.54) is 9.21 Å². The number of hydrogen-bond donors (Lipinski definition) is 1. The number of thiophene rings is 1. The first kappa shape index (κ1) is 23.4. The highest BCUT2D eigenvalue weighted by Crippen LogP contribution is 2.40. The lowest BCUT2D eigenvalue weighted by molar-refractivity contribution is 0.243. The number of rotatable bonds is 4. The van der Waals surface area contributed by atoms with Crippen LogP contribution in [0.4, 0.5) is 19.3 Å². The van der Waals surface area contributed by atoms with Crippen molar-refractivity contribution in [1.29, 1.82) is 0 Å². The molecule has 1 aromatic carbocycles. The van der Waals surface area contributed by atoms with E-state index in [9.17, 15) is 22.0 Å². The van der Waals surface area contributed by atoms with Crippen LogP contribution < -0.4 is 10.2 Å². The molecule has 182 valence electrons. The van der Waals surface area contributed by atoms with Gasteiger partial charge in [0.25, 0.3) is 10.0 Å². The lowest BCUT2D eigenvalue weighted by Crippen LogP contribution is -2.57. The summed E-state index contributed by atoms with van der Waals surface area (Å²) in [7, 11) is -3.65. The van der Waals surface area contributed by atoms with E-state index in [1.807, 2.05) is 0 Å². The van der Waals surface area contributed by atoms with Gasteiger partial charge in [-0.15, -0.1) is 11.3 Å². The summed E-state index contributed by atoms with van der Waals surface area (Å²) in [5.41, 5.74) is -0.894. The molecule has 2 amide bonds. The first-order valence-corrected chi connectivity index (χ1v) is 13.8. The second-order valence-electron chi connectivity index (χ2n) is 9.03. The Labute approximate surface area is 201 Å². The number of carbonyl (C=O) groups is 1. The van der Waals surface area contributed by atoms with Crippen LogP contribution >= 0.6 is 11.3 Å². The number of hydrogen-bond acceptors (Lipinski definition) is 5. The minimum absolute atomic E-state index is 0.0676. The summed E-state index contributed by atoms with van der Waals surface area (Å²) in [5, 5.41) is 4.57. The molecule has 0 radical (unpaired) electrons. The van der Waals surface area contributed by atoms with E-state index in [1.54, 1.807) is 17.5 Å². The van der Waals surface area contributed by atoms with Gasteiger partial charge in [0.2, 0.25) is 0 Å². The third-order valence-corrected chi connectivity index (χ3v) is 10.2. The Morgan fingerprint density at radius 3 is 2.35 bits per heavy atom. The zero-order valence-electron chi connectivity index (χ0n) is 18.5. The molecule has 3 fully saturated rings. The highest BCUT2D eigenvalue weighted by atomic mass is 32.2. The van der Waals surface area contributed by atoms with Crippen LogP contribution in [0.1, 0.15) is 44.9 Å². The molecule has 2 aromatic rings. The molecule has 34 heavy (non-hydrogen) atoms. The number of anilines is 1.